The van der Waals surface area contributed by atoms with Crippen molar-refractivity contribution in [1.29, 1.82) is 0 Å². The van der Waals surface area contributed by atoms with Crippen LogP contribution < -0.4 is 0 Å². The Morgan fingerprint density at radius 1 is 0.604 bits per heavy atom. The third-order valence-corrected chi connectivity index (χ3v) is 12.7. The maximum absolute atomic E-state index is 12.9. The largest absolute Gasteiger partial charge is 0.459 e. The highest BCUT2D eigenvalue weighted by Gasteiger charge is 2.66. The first-order chi connectivity index (χ1) is 21.9. The molecule has 0 saturated heterocycles. The molecule has 0 N–H and O–H groups in total. The van der Waals surface area contributed by atoms with Gasteiger partial charge in [-0.2, -0.15) is 26.3 Å². The fourth-order valence-electron chi connectivity index (χ4n) is 10.2. The summed E-state index contributed by atoms with van der Waals surface area (Å²) in [5.74, 6) is 0.381. The quantitative estimate of drug-likeness (QED) is 0.143. The summed E-state index contributed by atoms with van der Waals surface area (Å²) in [4.78, 5) is 37.7. The molecule has 0 heterocycles. The van der Waals surface area contributed by atoms with Gasteiger partial charge in [0.2, 0.25) is 0 Å². The summed E-state index contributed by atoms with van der Waals surface area (Å²) in [5, 5.41) is 0. The molecular weight excluding hydrogens is 642 g/mol. The van der Waals surface area contributed by atoms with Crippen LogP contribution in [-0.4, -0.2) is 47.6 Å². The molecule has 0 radical (unpaired) electrons. The molecule has 0 aliphatic heterocycles. The summed E-state index contributed by atoms with van der Waals surface area (Å²) in [6, 6.07) is 0. The minimum absolute atomic E-state index is 0.0342. The predicted octanol–water partition coefficient (Wildman–Crippen LogP) is 9.28. The van der Waals surface area contributed by atoms with Crippen LogP contribution in [0.1, 0.15) is 131 Å². The Bertz CT molecular complexity index is 1190. The van der Waals surface area contributed by atoms with Crippen LogP contribution >= 0.6 is 0 Å². The van der Waals surface area contributed by atoms with Crippen LogP contribution in [0, 0.1) is 45.8 Å². The predicted molar refractivity (Wildman–Crippen MR) is 163 cm³/mol. The van der Waals surface area contributed by atoms with Crippen molar-refractivity contribution in [3.05, 3.63) is 0 Å². The molecule has 8 aliphatic rings. The molecule has 0 aromatic heterocycles. The normalized spacial score (nSPS) is 36.8. The van der Waals surface area contributed by atoms with Crippen molar-refractivity contribution >= 4 is 17.9 Å². The molecular formula is C36H52F6O6. The van der Waals surface area contributed by atoms with E-state index in [0.29, 0.717) is 25.7 Å². The number of rotatable bonds is 8. The lowest BCUT2D eigenvalue weighted by atomic mass is 9.48. The molecule has 12 heteroatoms. The van der Waals surface area contributed by atoms with Crippen LogP contribution in [-0.2, 0) is 28.6 Å². The van der Waals surface area contributed by atoms with Gasteiger partial charge in [0.1, 0.15) is 11.2 Å². The summed E-state index contributed by atoms with van der Waals surface area (Å²) in [7, 11) is 0. The first kappa shape index (κ1) is 37.3. The molecule has 48 heavy (non-hydrogen) atoms. The van der Waals surface area contributed by atoms with Crippen LogP contribution in [0.3, 0.4) is 0 Å². The second-order valence-corrected chi connectivity index (χ2v) is 17.6. The molecule has 274 valence electrons. The Morgan fingerprint density at radius 2 is 0.958 bits per heavy atom. The summed E-state index contributed by atoms with van der Waals surface area (Å²) in [5.41, 5.74) is -3.70. The van der Waals surface area contributed by atoms with Gasteiger partial charge in [0.15, 0.2) is 0 Å². The van der Waals surface area contributed by atoms with E-state index in [1.165, 1.54) is 19.3 Å². The molecule has 8 fully saturated rings. The van der Waals surface area contributed by atoms with E-state index in [4.69, 9.17) is 9.47 Å². The summed E-state index contributed by atoms with van der Waals surface area (Å²) < 4.78 is 93.4. The molecule has 0 amide bonds. The summed E-state index contributed by atoms with van der Waals surface area (Å²) >= 11 is 0. The standard InChI is InChI=1S/C20H26F6O4.C16H26O2/c1-4-16(2,3)14(27)30-18-8-11-5-12(9-18)7-17(6-11,10-18)15(28)29-13(19(21,22)23)20(24,25)26;1-4-15(2,3)14(17)18-16-8-11-5-12(9-16)7-13(6-11)10-16/h11-13H,4-10H2,1-3H3;11-13H,4-10H2,1-3H3. The molecule has 8 rings (SSSR count). The van der Waals surface area contributed by atoms with Gasteiger partial charge in [0.05, 0.1) is 16.2 Å². The van der Waals surface area contributed by atoms with Gasteiger partial charge in [-0.25, -0.2) is 0 Å². The topological polar surface area (TPSA) is 78.9 Å². The third kappa shape index (κ3) is 7.38. The van der Waals surface area contributed by atoms with E-state index in [9.17, 15) is 40.7 Å². The van der Waals surface area contributed by atoms with Crippen LogP contribution in [0.2, 0.25) is 0 Å². The van der Waals surface area contributed by atoms with Gasteiger partial charge >= 0.3 is 30.3 Å². The van der Waals surface area contributed by atoms with Gasteiger partial charge in [-0.1, -0.05) is 13.8 Å². The number of ether oxygens (including phenoxy) is 3. The molecule has 8 aliphatic carbocycles. The zero-order valence-corrected chi connectivity index (χ0v) is 29.1. The highest BCUT2D eigenvalue weighted by atomic mass is 19.4. The van der Waals surface area contributed by atoms with Gasteiger partial charge in [-0.3, -0.25) is 14.4 Å². The van der Waals surface area contributed by atoms with E-state index in [0.717, 1.165) is 43.4 Å². The molecule has 6 nitrogen and oxygen atoms in total. The van der Waals surface area contributed by atoms with E-state index in [2.05, 4.69) is 11.7 Å². The Hall–Kier alpha value is -2.01. The average Bonchev–Trinajstić information content (AvgIpc) is 2.92. The lowest BCUT2D eigenvalue weighted by molar-refractivity contribution is -0.318. The number of carbonyl (C=O) groups excluding carboxylic acids is 3. The molecule has 2 atom stereocenters. The highest BCUT2D eigenvalue weighted by Crippen LogP contribution is 2.64. The van der Waals surface area contributed by atoms with Crippen LogP contribution in [0.15, 0.2) is 0 Å². The second kappa shape index (κ2) is 12.3. The minimum atomic E-state index is -5.76. The lowest BCUT2D eigenvalue weighted by Crippen LogP contribution is -2.61. The monoisotopic (exact) mass is 694 g/mol. The van der Waals surface area contributed by atoms with E-state index in [1.54, 1.807) is 13.8 Å². The van der Waals surface area contributed by atoms with Gasteiger partial charge in [0, 0.05) is 6.42 Å². The maximum atomic E-state index is 12.9. The van der Waals surface area contributed by atoms with Crippen LogP contribution in [0.5, 0.6) is 0 Å². The second-order valence-electron chi connectivity index (χ2n) is 17.6. The van der Waals surface area contributed by atoms with Gasteiger partial charge < -0.3 is 14.2 Å². The Balaban J connectivity index is 0.000000212. The lowest BCUT2D eigenvalue weighted by Gasteiger charge is -2.60. The zero-order valence-electron chi connectivity index (χ0n) is 29.1. The average molecular weight is 695 g/mol. The van der Waals surface area contributed by atoms with Crippen molar-refractivity contribution in [2.24, 2.45) is 45.8 Å². The Labute approximate surface area is 279 Å². The SMILES string of the molecule is CCC(C)(C)C(=O)OC12CC3CC(C1)CC(C(=O)OC(C(F)(F)F)C(F)(F)F)(C3)C2.CCC(C)(C)C(=O)OC12CC3CC(CC(C3)C1)C2. The number of carbonyl (C=O) groups is 3. The minimum Gasteiger partial charge on any atom is -0.459 e. The molecule has 0 aromatic carbocycles. The van der Waals surface area contributed by atoms with Crippen LogP contribution in [0.4, 0.5) is 26.3 Å². The Morgan fingerprint density at radius 3 is 1.33 bits per heavy atom. The van der Waals surface area contributed by atoms with Crippen molar-refractivity contribution in [3.8, 4) is 0 Å². The summed E-state index contributed by atoms with van der Waals surface area (Å²) in [6.07, 6.45) is -4.85. The maximum Gasteiger partial charge on any atom is 0.434 e. The van der Waals surface area contributed by atoms with Crippen molar-refractivity contribution in [2.75, 3.05) is 0 Å². The number of esters is 3. The van der Waals surface area contributed by atoms with Crippen LogP contribution in [0.25, 0.3) is 0 Å². The zero-order chi connectivity index (χ0) is 35.7. The first-order valence-corrected chi connectivity index (χ1v) is 17.8. The Kier molecular flexibility index (Phi) is 9.58. The smallest absolute Gasteiger partial charge is 0.434 e. The number of hydrogen-bond acceptors (Lipinski definition) is 6. The van der Waals surface area contributed by atoms with E-state index >= 15 is 0 Å². The number of hydrogen-bond donors (Lipinski definition) is 0. The fourth-order valence-corrected chi connectivity index (χ4v) is 10.2. The number of alkyl halides is 6. The van der Waals surface area contributed by atoms with Gasteiger partial charge in [-0.15, -0.1) is 0 Å². The first-order valence-electron chi connectivity index (χ1n) is 17.8. The molecule has 8 saturated carbocycles. The highest BCUT2D eigenvalue weighted by molar-refractivity contribution is 5.79. The van der Waals surface area contributed by atoms with E-state index < -0.39 is 46.8 Å². The molecule has 2 unspecified atom stereocenters. The van der Waals surface area contributed by atoms with Crippen molar-refractivity contribution in [1.82, 2.24) is 0 Å². The molecule has 0 aromatic rings. The van der Waals surface area contributed by atoms with Gasteiger partial charge in [-0.05, 0) is 141 Å². The molecule has 8 bridgehead atoms. The van der Waals surface area contributed by atoms with Crippen molar-refractivity contribution in [3.63, 3.8) is 0 Å². The molecule has 0 spiro atoms. The van der Waals surface area contributed by atoms with Gasteiger partial charge in [0.25, 0.3) is 6.10 Å². The van der Waals surface area contributed by atoms with E-state index in [1.807, 2.05) is 20.8 Å². The van der Waals surface area contributed by atoms with E-state index in [-0.39, 0.29) is 48.1 Å². The van der Waals surface area contributed by atoms with Crippen molar-refractivity contribution in [2.45, 2.75) is 161 Å². The fraction of sp³-hybridized carbons (Fsp3) is 0.917. The number of halogens is 6. The van der Waals surface area contributed by atoms with Crippen molar-refractivity contribution < 1.29 is 54.9 Å². The third-order valence-electron chi connectivity index (χ3n) is 12.7. The summed E-state index contributed by atoms with van der Waals surface area (Å²) in [6.45, 7) is 11.3.